The molecule has 64 valence electrons. The van der Waals surface area contributed by atoms with Crippen molar-refractivity contribution in [3.8, 4) is 0 Å². The largest absolute Gasteiger partial charge is 0.298 e. The fourth-order valence-electron chi connectivity index (χ4n) is 0.886. The number of carbonyl (C=O) groups is 1. The number of halogens is 1. The van der Waals surface area contributed by atoms with E-state index < -0.39 is 0 Å². The second kappa shape index (κ2) is 4.53. The number of hydrogen-bond acceptors (Lipinski definition) is 2. The smallest absolute Gasteiger partial charge is 0.151 e. The lowest BCUT2D eigenvalue weighted by Gasteiger charge is -2.01. The summed E-state index contributed by atoms with van der Waals surface area (Å²) in [5, 5.41) is 0.677. The van der Waals surface area contributed by atoms with E-state index in [4.69, 9.17) is 11.6 Å². The van der Waals surface area contributed by atoms with Crippen molar-refractivity contribution < 1.29 is 4.79 Å². The van der Waals surface area contributed by atoms with Gasteiger partial charge in [0.05, 0.1) is 0 Å². The van der Waals surface area contributed by atoms with Crippen LogP contribution in [0.25, 0.3) is 0 Å². The van der Waals surface area contributed by atoms with Crippen LogP contribution in [-0.2, 0) is 0 Å². The van der Waals surface area contributed by atoms with Crippen LogP contribution < -0.4 is 0 Å². The first-order chi connectivity index (χ1) is 5.77. The molecular formula is C9H9ClOS. The molecule has 12 heavy (non-hydrogen) atoms. The van der Waals surface area contributed by atoms with E-state index in [2.05, 4.69) is 0 Å². The summed E-state index contributed by atoms with van der Waals surface area (Å²) in [5.74, 6) is 0.946. The lowest BCUT2D eigenvalue weighted by molar-refractivity contribution is 0.112. The third-order valence-corrected chi connectivity index (χ3v) is 2.59. The molecule has 0 saturated carbocycles. The average Bonchev–Trinajstić information content (AvgIpc) is 2.05. The second-order valence-electron chi connectivity index (χ2n) is 2.23. The zero-order valence-electron chi connectivity index (χ0n) is 6.71. The van der Waals surface area contributed by atoms with Crippen molar-refractivity contribution >= 4 is 29.6 Å². The molecule has 0 fully saturated rings. The molecule has 0 aliphatic carbocycles. The quantitative estimate of drug-likeness (QED) is 0.550. The molecule has 1 aromatic carbocycles. The molecule has 0 aliphatic heterocycles. The van der Waals surface area contributed by atoms with Crippen molar-refractivity contribution in [1.29, 1.82) is 0 Å². The minimum absolute atomic E-state index is 0.677. The van der Waals surface area contributed by atoms with Gasteiger partial charge in [0.15, 0.2) is 6.29 Å². The van der Waals surface area contributed by atoms with Crippen LogP contribution in [0, 0.1) is 0 Å². The van der Waals surface area contributed by atoms with Gasteiger partial charge in [-0.2, -0.15) is 0 Å². The molecule has 0 unspecified atom stereocenters. The molecule has 0 aromatic heterocycles. The van der Waals surface area contributed by atoms with Gasteiger partial charge in [-0.15, -0.1) is 11.8 Å². The Bertz CT molecular complexity index is 286. The fourth-order valence-corrected chi connectivity index (χ4v) is 1.93. The summed E-state index contributed by atoms with van der Waals surface area (Å²) in [6, 6.07) is 5.29. The van der Waals surface area contributed by atoms with Crippen molar-refractivity contribution in [3.63, 3.8) is 0 Å². The van der Waals surface area contributed by atoms with Crippen LogP contribution in [0.15, 0.2) is 23.1 Å². The highest BCUT2D eigenvalue weighted by Crippen LogP contribution is 2.24. The Balaban J connectivity index is 3.03. The van der Waals surface area contributed by atoms with Crippen molar-refractivity contribution in [2.24, 2.45) is 0 Å². The zero-order valence-corrected chi connectivity index (χ0v) is 8.28. The summed E-state index contributed by atoms with van der Waals surface area (Å²) in [6.07, 6.45) is 0.855. The number of hydrogen-bond donors (Lipinski definition) is 0. The number of benzene rings is 1. The molecule has 0 saturated heterocycles. The predicted octanol–water partition coefficient (Wildman–Crippen LogP) is 3.26. The maximum Gasteiger partial charge on any atom is 0.151 e. The van der Waals surface area contributed by atoms with Crippen LogP contribution in [0.5, 0.6) is 0 Å². The minimum atomic E-state index is 0.677. The maximum atomic E-state index is 10.6. The summed E-state index contributed by atoms with van der Waals surface area (Å²) < 4.78 is 0. The van der Waals surface area contributed by atoms with E-state index in [-0.39, 0.29) is 0 Å². The van der Waals surface area contributed by atoms with Crippen LogP contribution in [0.1, 0.15) is 17.3 Å². The van der Waals surface area contributed by atoms with Crippen LogP contribution in [0.2, 0.25) is 5.02 Å². The van der Waals surface area contributed by atoms with Gasteiger partial charge in [0.1, 0.15) is 0 Å². The van der Waals surface area contributed by atoms with Crippen molar-refractivity contribution in [3.05, 3.63) is 28.8 Å². The highest BCUT2D eigenvalue weighted by atomic mass is 35.5. The Hall–Kier alpha value is -0.470. The molecule has 0 heterocycles. The highest BCUT2D eigenvalue weighted by molar-refractivity contribution is 7.99. The van der Waals surface area contributed by atoms with Crippen LogP contribution in [-0.4, -0.2) is 12.0 Å². The molecular weight excluding hydrogens is 192 g/mol. The van der Waals surface area contributed by atoms with Crippen molar-refractivity contribution in [2.45, 2.75) is 11.8 Å². The van der Waals surface area contributed by atoms with Gasteiger partial charge in [-0.05, 0) is 24.0 Å². The Morgan fingerprint density at radius 1 is 1.58 bits per heavy atom. The molecule has 0 atom stereocenters. The van der Waals surface area contributed by atoms with E-state index in [0.717, 1.165) is 16.9 Å². The number of carbonyl (C=O) groups excluding carboxylic acids is 1. The lowest BCUT2D eigenvalue weighted by Crippen LogP contribution is -1.84. The molecule has 3 heteroatoms. The topological polar surface area (TPSA) is 17.1 Å². The molecule has 1 rings (SSSR count). The summed E-state index contributed by atoms with van der Waals surface area (Å²) in [6.45, 7) is 2.04. The molecule has 0 N–H and O–H groups in total. The molecule has 0 radical (unpaired) electrons. The lowest BCUT2D eigenvalue weighted by atomic mass is 10.2. The fraction of sp³-hybridized carbons (Fsp3) is 0.222. The van der Waals surface area contributed by atoms with Gasteiger partial charge < -0.3 is 0 Å². The molecule has 0 spiro atoms. The Labute approximate surface area is 81.1 Å². The van der Waals surface area contributed by atoms with E-state index in [1.54, 1.807) is 23.9 Å². The van der Waals surface area contributed by atoms with Gasteiger partial charge in [0, 0.05) is 15.5 Å². The summed E-state index contributed by atoms with van der Waals surface area (Å²) >= 11 is 7.41. The molecule has 0 aliphatic rings. The zero-order chi connectivity index (χ0) is 8.97. The first kappa shape index (κ1) is 9.62. The molecule has 0 amide bonds. The highest BCUT2D eigenvalue weighted by Gasteiger charge is 2.01. The van der Waals surface area contributed by atoms with Gasteiger partial charge in [0.25, 0.3) is 0 Å². The standard InChI is InChI=1S/C9H9ClOS/c1-2-12-9-5-8(10)4-3-7(9)6-11/h3-6H,2H2,1H3. The first-order valence-electron chi connectivity index (χ1n) is 3.65. The SMILES string of the molecule is CCSc1cc(Cl)ccc1C=O. The number of aldehydes is 1. The van der Waals surface area contributed by atoms with Gasteiger partial charge in [-0.3, -0.25) is 4.79 Å². The number of rotatable bonds is 3. The van der Waals surface area contributed by atoms with Gasteiger partial charge in [-0.25, -0.2) is 0 Å². The van der Waals surface area contributed by atoms with Crippen molar-refractivity contribution in [2.75, 3.05) is 5.75 Å². The van der Waals surface area contributed by atoms with Crippen LogP contribution in [0.4, 0.5) is 0 Å². The number of thioether (sulfide) groups is 1. The summed E-state index contributed by atoms with van der Waals surface area (Å²) in [7, 11) is 0. The Morgan fingerprint density at radius 3 is 2.92 bits per heavy atom. The third-order valence-electron chi connectivity index (χ3n) is 1.40. The van der Waals surface area contributed by atoms with E-state index in [0.29, 0.717) is 10.6 Å². The third kappa shape index (κ3) is 2.26. The van der Waals surface area contributed by atoms with Gasteiger partial charge >= 0.3 is 0 Å². The maximum absolute atomic E-state index is 10.6. The summed E-state index contributed by atoms with van der Waals surface area (Å²) in [5.41, 5.74) is 0.714. The molecule has 0 bridgehead atoms. The van der Waals surface area contributed by atoms with Gasteiger partial charge in [-0.1, -0.05) is 18.5 Å². The van der Waals surface area contributed by atoms with E-state index in [1.165, 1.54) is 0 Å². The molecule has 1 nitrogen and oxygen atoms in total. The first-order valence-corrected chi connectivity index (χ1v) is 5.01. The Morgan fingerprint density at radius 2 is 2.33 bits per heavy atom. The van der Waals surface area contributed by atoms with Crippen LogP contribution in [0.3, 0.4) is 0 Å². The van der Waals surface area contributed by atoms with E-state index >= 15 is 0 Å². The normalized spacial score (nSPS) is 9.83. The second-order valence-corrected chi connectivity index (χ2v) is 3.98. The van der Waals surface area contributed by atoms with Crippen LogP contribution >= 0.6 is 23.4 Å². The minimum Gasteiger partial charge on any atom is -0.298 e. The monoisotopic (exact) mass is 200 g/mol. The Kier molecular flexibility index (Phi) is 3.63. The molecule has 1 aromatic rings. The average molecular weight is 201 g/mol. The van der Waals surface area contributed by atoms with E-state index in [1.807, 2.05) is 13.0 Å². The predicted molar refractivity (Wildman–Crippen MR) is 53.2 cm³/mol. The van der Waals surface area contributed by atoms with Gasteiger partial charge in [0.2, 0.25) is 0 Å². The van der Waals surface area contributed by atoms with Crippen molar-refractivity contribution in [1.82, 2.24) is 0 Å². The summed E-state index contributed by atoms with van der Waals surface area (Å²) in [4.78, 5) is 11.5. The van der Waals surface area contributed by atoms with E-state index in [9.17, 15) is 4.79 Å².